The van der Waals surface area contributed by atoms with E-state index in [1.54, 1.807) is 0 Å². The zero-order valence-corrected chi connectivity index (χ0v) is 11.0. The van der Waals surface area contributed by atoms with Gasteiger partial charge in [0.1, 0.15) is 11.9 Å². The van der Waals surface area contributed by atoms with Gasteiger partial charge in [-0.25, -0.2) is 4.39 Å². The summed E-state index contributed by atoms with van der Waals surface area (Å²) in [7, 11) is 0. The van der Waals surface area contributed by atoms with E-state index < -0.39 is 17.8 Å². The van der Waals surface area contributed by atoms with Crippen molar-refractivity contribution >= 4 is 17.5 Å². The van der Waals surface area contributed by atoms with Crippen LogP contribution in [0.1, 0.15) is 15.9 Å². The van der Waals surface area contributed by atoms with Gasteiger partial charge in [0, 0.05) is 23.4 Å². The van der Waals surface area contributed by atoms with E-state index in [1.807, 2.05) is 0 Å². The average molecular weight is 281 g/mol. The minimum absolute atomic E-state index is 0.0104. The molecule has 1 aromatic carbocycles. The summed E-state index contributed by atoms with van der Waals surface area (Å²) in [6, 6.07) is 1.92. The van der Waals surface area contributed by atoms with Crippen LogP contribution in [0.3, 0.4) is 0 Å². The largest absolute Gasteiger partial charge is 0.378 e. The van der Waals surface area contributed by atoms with Crippen molar-refractivity contribution in [1.29, 1.82) is 0 Å². The highest BCUT2D eigenvalue weighted by Gasteiger charge is 2.22. The summed E-state index contributed by atoms with van der Waals surface area (Å²) >= 11 is 0. The molecular formula is C13H16FN3O3. The van der Waals surface area contributed by atoms with Gasteiger partial charge in [0.05, 0.1) is 13.2 Å². The Bertz CT molecular complexity index is 542. The number of nitrogens with two attached hydrogens (primary N) is 1. The fourth-order valence-corrected chi connectivity index (χ4v) is 1.90. The zero-order valence-electron chi connectivity index (χ0n) is 11.0. The Hall–Kier alpha value is -1.99. The fourth-order valence-electron chi connectivity index (χ4n) is 1.90. The van der Waals surface area contributed by atoms with Crippen molar-refractivity contribution in [3.8, 4) is 0 Å². The molecule has 1 saturated heterocycles. The van der Waals surface area contributed by atoms with Gasteiger partial charge in [0.15, 0.2) is 0 Å². The third-order valence-corrected chi connectivity index (χ3v) is 3.12. The van der Waals surface area contributed by atoms with Crippen LogP contribution in [-0.2, 0) is 9.53 Å². The molecule has 1 fully saturated rings. The quantitative estimate of drug-likeness (QED) is 0.735. The number of carbonyl (C=O) groups excluding carboxylic acids is 2. The Morgan fingerprint density at radius 3 is 2.85 bits per heavy atom. The molecular weight excluding hydrogens is 265 g/mol. The fraction of sp³-hybridized carbons (Fsp3) is 0.385. The van der Waals surface area contributed by atoms with Crippen LogP contribution in [0.5, 0.6) is 0 Å². The van der Waals surface area contributed by atoms with Gasteiger partial charge in [0.2, 0.25) is 11.8 Å². The van der Waals surface area contributed by atoms with Gasteiger partial charge in [-0.2, -0.15) is 0 Å². The number of halogens is 1. The van der Waals surface area contributed by atoms with Crippen LogP contribution in [0, 0.1) is 12.7 Å². The van der Waals surface area contributed by atoms with E-state index in [-0.39, 0.29) is 29.3 Å². The van der Waals surface area contributed by atoms with E-state index in [0.717, 1.165) is 6.07 Å². The number of hydrogen-bond donors (Lipinski definition) is 3. The number of anilines is 1. The monoisotopic (exact) mass is 281 g/mol. The predicted molar refractivity (Wildman–Crippen MR) is 70.9 cm³/mol. The molecule has 7 heteroatoms. The number of amides is 2. The Morgan fingerprint density at radius 2 is 2.25 bits per heavy atom. The summed E-state index contributed by atoms with van der Waals surface area (Å²) in [4.78, 5) is 23.1. The summed E-state index contributed by atoms with van der Waals surface area (Å²) in [6.45, 7) is 2.89. The molecule has 1 heterocycles. The number of rotatable bonds is 3. The molecule has 1 aromatic rings. The maximum atomic E-state index is 13.7. The first-order valence-electron chi connectivity index (χ1n) is 6.21. The normalized spacial score (nSPS) is 18.6. The SMILES string of the molecule is Cc1c(F)cc(C(N)=O)cc1NC(=O)C1COCCN1. The lowest BCUT2D eigenvalue weighted by atomic mass is 10.1. The maximum absolute atomic E-state index is 13.7. The number of morpholine rings is 1. The lowest BCUT2D eigenvalue weighted by molar-refractivity contribution is -0.120. The van der Waals surface area contributed by atoms with Gasteiger partial charge in [-0.15, -0.1) is 0 Å². The molecule has 0 aliphatic carbocycles. The molecule has 0 bridgehead atoms. The van der Waals surface area contributed by atoms with Crippen LogP contribution in [0.4, 0.5) is 10.1 Å². The van der Waals surface area contributed by atoms with E-state index in [1.165, 1.54) is 13.0 Å². The molecule has 6 nitrogen and oxygen atoms in total. The summed E-state index contributed by atoms with van der Waals surface area (Å²) in [5.41, 5.74) is 5.62. The topological polar surface area (TPSA) is 93.5 Å². The first kappa shape index (κ1) is 14.4. The number of benzene rings is 1. The van der Waals surface area contributed by atoms with E-state index in [2.05, 4.69) is 10.6 Å². The lowest BCUT2D eigenvalue weighted by Gasteiger charge is -2.23. The highest BCUT2D eigenvalue weighted by atomic mass is 19.1. The van der Waals surface area contributed by atoms with Crippen LogP contribution in [0.2, 0.25) is 0 Å². The van der Waals surface area contributed by atoms with Crippen LogP contribution >= 0.6 is 0 Å². The Kier molecular flexibility index (Phi) is 4.31. The zero-order chi connectivity index (χ0) is 14.7. The van der Waals surface area contributed by atoms with Crippen molar-refractivity contribution in [2.24, 2.45) is 5.73 Å². The minimum Gasteiger partial charge on any atom is -0.378 e. The number of carbonyl (C=O) groups is 2. The van der Waals surface area contributed by atoms with E-state index in [0.29, 0.717) is 13.2 Å². The van der Waals surface area contributed by atoms with Gasteiger partial charge in [0.25, 0.3) is 0 Å². The second-order valence-corrected chi connectivity index (χ2v) is 4.57. The van der Waals surface area contributed by atoms with Gasteiger partial charge in [-0.05, 0) is 19.1 Å². The molecule has 1 atom stereocenters. The van der Waals surface area contributed by atoms with Crippen molar-refractivity contribution in [3.05, 3.63) is 29.1 Å². The Labute approximate surface area is 115 Å². The van der Waals surface area contributed by atoms with E-state index in [4.69, 9.17) is 10.5 Å². The van der Waals surface area contributed by atoms with Gasteiger partial charge in [-0.1, -0.05) is 0 Å². The molecule has 0 aromatic heterocycles. The summed E-state index contributed by atoms with van der Waals surface area (Å²) in [5, 5.41) is 5.57. The molecule has 4 N–H and O–H groups in total. The second kappa shape index (κ2) is 5.98. The number of nitrogens with one attached hydrogen (secondary N) is 2. The highest BCUT2D eigenvalue weighted by molar-refractivity contribution is 5.98. The van der Waals surface area contributed by atoms with E-state index in [9.17, 15) is 14.0 Å². The van der Waals surface area contributed by atoms with Crippen molar-refractivity contribution in [1.82, 2.24) is 5.32 Å². The van der Waals surface area contributed by atoms with Crippen molar-refractivity contribution in [3.63, 3.8) is 0 Å². The molecule has 108 valence electrons. The molecule has 0 spiro atoms. The van der Waals surface area contributed by atoms with Crippen molar-refractivity contribution in [2.75, 3.05) is 25.1 Å². The predicted octanol–water partition coefficient (Wildman–Crippen LogP) is 0.160. The molecule has 0 saturated carbocycles. The third kappa shape index (κ3) is 3.12. The number of ether oxygens (including phenoxy) is 1. The molecule has 20 heavy (non-hydrogen) atoms. The highest BCUT2D eigenvalue weighted by Crippen LogP contribution is 2.21. The summed E-state index contributed by atoms with van der Waals surface area (Å²) in [6.07, 6.45) is 0. The average Bonchev–Trinajstić information content (AvgIpc) is 2.44. The summed E-state index contributed by atoms with van der Waals surface area (Å²) < 4.78 is 18.9. The van der Waals surface area contributed by atoms with E-state index >= 15 is 0 Å². The first-order valence-corrected chi connectivity index (χ1v) is 6.21. The van der Waals surface area contributed by atoms with Crippen LogP contribution < -0.4 is 16.4 Å². The number of primary amides is 1. The summed E-state index contributed by atoms with van der Waals surface area (Å²) in [5.74, 6) is -1.68. The van der Waals surface area contributed by atoms with Crippen molar-refractivity contribution in [2.45, 2.75) is 13.0 Å². The van der Waals surface area contributed by atoms with Crippen LogP contribution in [-0.4, -0.2) is 37.6 Å². The lowest BCUT2D eigenvalue weighted by Crippen LogP contribution is -2.48. The standard InChI is InChI=1S/C13H16FN3O3/c1-7-9(14)4-8(12(15)18)5-10(7)17-13(19)11-6-20-3-2-16-11/h4-5,11,16H,2-3,6H2,1H3,(H2,15,18)(H,17,19). The second-order valence-electron chi connectivity index (χ2n) is 4.57. The third-order valence-electron chi connectivity index (χ3n) is 3.12. The van der Waals surface area contributed by atoms with Crippen LogP contribution in [0.25, 0.3) is 0 Å². The Morgan fingerprint density at radius 1 is 1.50 bits per heavy atom. The molecule has 0 radical (unpaired) electrons. The van der Waals surface area contributed by atoms with Gasteiger partial charge >= 0.3 is 0 Å². The van der Waals surface area contributed by atoms with Gasteiger partial charge < -0.3 is 21.1 Å². The number of hydrogen-bond acceptors (Lipinski definition) is 4. The van der Waals surface area contributed by atoms with Crippen LogP contribution in [0.15, 0.2) is 12.1 Å². The molecule has 1 aliphatic rings. The molecule has 2 amide bonds. The van der Waals surface area contributed by atoms with Gasteiger partial charge in [-0.3, -0.25) is 9.59 Å². The first-order chi connectivity index (χ1) is 9.49. The molecule has 1 aliphatic heterocycles. The molecule has 1 unspecified atom stereocenters. The Balaban J connectivity index is 2.19. The maximum Gasteiger partial charge on any atom is 0.248 e. The minimum atomic E-state index is -0.751. The molecule has 2 rings (SSSR count). The smallest absolute Gasteiger partial charge is 0.248 e. The van der Waals surface area contributed by atoms with Crippen molar-refractivity contribution < 1.29 is 18.7 Å².